The number of aliphatic hydroxyl groups is 1. The van der Waals surface area contributed by atoms with E-state index in [-0.39, 0.29) is 11.5 Å². The standard InChI is InChI=1S/C11H19N3O/c1-8(2)14-10(12-7-13-14)6-11(4-5-11)9(3)15/h7-9,15H,4-6H2,1-3H3. The first-order chi connectivity index (χ1) is 7.05. The topological polar surface area (TPSA) is 50.9 Å². The molecule has 0 aliphatic heterocycles. The van der Waals surface area contributed by atoms with E-state index in [1.165, 1.54) is 0 Å². The molecule has 0 radical (unpaired) electrons. The van der Waals surface area contributed by atoms with E-state index in [1.54, 1.807) is 6.33 Å². The lowest BCUT2D eigenvalue weighted by atomic mass is 9.96. The maximum absolute atomic E-state index is 9.71. The summed E-state index contributed by atoms with van der Waals surface area (Å²) in [7, 11) is 0. The molecular weight excluding hydrogens is 190 g/mol. The van der Waals surface area contributed by atoms with Crippen molar-refractivity contribution < 1.29 is 5.11 Å². The molecular formula is C11H19N3O. The molecule has 1 N–H and O–H groups in total. The van der Waals surface area contributed by atoms with Crippen molar-refractivity contribution in [2.24, 2.45) is 5.41 Å². The van der Waals surface area contributed by atoms with Gasteiger partial charge < -0.3 is 5.11 Å². The van der Waals surface area contributed by atoms with Crippen molar-refractivity contribution >= 4 is 0 Å². The molecule has 4 nitrogen and oxygen atoms in total. The van der Waals surface area contributed by atoms with Gasteiger partial charge in [-0.3, -0.25) is 0 Å². The molecule has 84 valence electrons. The highest BCUT2D eigenvalue weighted by molar-refractivity contribution is 5.05. The maximum Gasteiger partial charge on any atom is 0.138 e. The first kappa shape index (κ1) is 10.6. The van der Waals surface area contributed by atoms with Crippen molar-refractivity contribution in [2.75, 3.05) is 0 Å². The molecule has 1 fully saturated rings. The summed E-state index contributed by atoms with van der Waals surface area (Å²) in [4.78, 5) is 4.29. The zero-order chi connectivity index (χ0) is 11.1. The summed E-state index contributed by atoms with van der Waals surface area (Å²) < 4.78 is 1.95. The third-order valence-corrected chi connectivity index (χ3v) is 3.43. The Morgan fingerprint density at radius 1 is 1.47 bits per heavy atom. The van der Waals surface area contributed by atoms with Gasteiger partial charge in [0, 0.05) is 17.9 Å². The lowest BCUT2D eigenvalue weighted by molar-refractivity contribution is 0.108. The molecule has 1 unspecified atom stereocenters. The van der Waals surface area contributed by atoms with E-state index in [0.717, 1.165) is 25.1 Å². The molecule has 0 amide bonds. The second-order valence-corrected chi connectivity index (χ2v) is 4.93. The average molecular weight is 209 g/mol. The van der Waals surface area contributed by atoms with Crippen LogP contribution in [-0.2, 0) is 6.42 Å². The van der Waals surface area contributed by atoms with Gasteiger partial charge in [0.15, 0.2) is 0 Å². The molecule has 4 heteroatoms. The Morgan fingerprint density at radius 2 is 2.13 bits per heavy atom. The van der Waals surface area contributed by atoms with E-state index in [4.69, 9.17) is 0 Å². The van der Waals surface area contributed by atoms with Gasteiger partial charge in [-0.1, -0.05) is 0 Å². The van der Waals surface area contributed by atoms with Gasteiger partial charge in [-0.25, -0.2) is 9.67 Å². The van der Waals surface area contributed by atoms with Crippen molar-refractivity contribution in [3.05, 3.63) is 12.2 Å². The molecule has 1 aromatic heterocycles. The van der Waals surface area contributed by atoms with Crippen LogP contribution in [0.25, 0.3) is 0 Å². The Kier molecular flexibility index (Phi) is 2.54. The Bertz CT molecular complexity index is 339. The molecule has 1 aliphatic carbocycles. The molecule has 0 saturated heterocycles. The molecule has 1 atom stereocenters. The Hall–Kier alpha value is -0.900. The summed E-state index contributed by atoms with van der Waals surface area (Å²) in [5, 5.41) is 13.9. The molecule has 1 aliphatic rings. The van der Waals surface area contributed by atoms with Crippen LogP contribution in [0.4, 0.5) is 0 Å². The van der Waals surface area contributed by atoms with Gasteiger partial charge in [-0.15, -0.1) is 0 Å². The SMILES string of the molecule is CC(C)n1ncnc1CC1(C(C)O)CC1. The summed E-state index contributed by atoms with van der Waals surface area (Å²) in [6.45, 7) is 6.07. The third kappa shape index (κ3) is 1.91. The van der Waals surface area contributed by atoms with E-state index in [9.17, 15) is 5.11 Å². The molecule has 1 saturated carbocycles. The lowest BCUT2D eigenvalue weighted by Crippen LogP contribution is -2.23. The van der Waals surface area contributed by atoms with Gasteiger partial charge in [0.05, 0.1) is 6.10 Å². The Morgan fingerprint density at radius 3 is 2.60 bits per heavy atom. The van der Waals surface area contributed by atoms with E-state index < -0.39 is 0 Å². The van der Waals surface area contributed by atoms with Crippen molar-refractivity contribution in [3.8, 4) is 0 Å². The number of nitrogens with zero attached hydrogens (tertiary/aromatic N) is 3. The van der Waals surface area contributed by atoms with Crippen LogP contribution in [0.15, 0.2) is 6.33 Å². The van der Waals surface area contributed by atoms with E-state index in [2.05, 4.69) is 23.9 Å². The molecule has 0 spiro atoms. The summed E-state index contributed by atoms with van der Waals surface area (Å²) in [5.41, 5.74) is 0.0830. The highest BCUT2D eigenvalue weighted by Crippen LogP contribution is 2.51. The smallest absolute Gasteiger partial charge is 0.138 e. The van der Waals surface area contributed by atoms with Gasteiger partial charge in [0.1, 0.15) is 12.2 Å². The molecule has 0 bridgehead atoms. The zero-order valence-electron chi connectivity index (χ0n) is 9.64. The Balaban J connectivity index is 2.14. The fourth-order valence-corrected chi connectivity index (χ4v) is 2.05. The normalized spacial score (nSPS) is 20.6. The monoisotopic (exact) mass is 209 g/mol. The molecule has 2 rings (SSSR count). The van der Waals surface area contributed by atoms with Gasteiger partial charge in [0.25, 0.3) is 0 Å². The number of hydrogen-bond donors (Lipinski definition) is 1. The fourth-order valence-electron chi connectivity index (χ4n) is 2.05. The zero-order valence-corrected chi connectivity index (χ0v) is 9.64. The number of aliphatic hydroxyl groups excluding tert-OH is 1. The second-order valence-electron chi connectivity index (χ2n) is 4.93. The average Bonchev–Trinajstić information content (AvgIpc) is 2.77. The van der Waals surface area contributed by atoms with Gasteiger partial charge in [0.2, 0.25) is 0 Å². The predicted octanol–water partition coefficient (Wildman–Crippen LogP) is 1.56. The summed E-state index contributed by atoms with van der Waals surface area (Å²) in [6.07, 6.45) is 4.43. The summed E-state index contributed by atoms with van der Waals surface area (Å²) >= 11 is 0. The Labute approximate surface area is 90.3 Å². The lowest BCUT2D eigenvalue weighted by Gasteiger charge is -2.19. The van der Waals surface area contributed by atoms with Crippen molar-refractivity contribution in [1.82, 2.24) is 14.8 Å². The molecule has 1 aromatic rings. The highest BCUT2D eigenvalue weighted by Gasteiger charge is 2.47. The largest absolute Gasteiger partial charge is 0.393 e. The molecule has 15 heavy (non-hydrogen) atoms. The van der Waals surface area contributed by atoms with E-state index in [1.807, 2.05) is 11.6 Å². The van der Waals surface area contributed by atoms with E-state index in [0.29, 0.717) is 6.04 Å². The van der Waals surface area contributed by atoms with Gasteiger partial charge in [-0.2, -0.15) is 5.10 Å². The fraction of sp³-hybridized carbons (Fsp3) is 0.818. The molecule has 1 heterocycles. The predicted molar refractivity (Wildman–Crippen MR) is 57.5 cm³/mol. The quantitative estimate of drug-likeness (QED) is 0.818. The molecule has 0 aromatic carbocycles. The maximum atomic E-state index is 9.71. The van der Waals surface area contributed by atoms with Crippen LogP contribution in [0.5, 0.6) is 0 Å². The number of rotatable bonds is 4. The minimum absolute atomic E-state index is 0.0830. The van der Waals surface area contributed by atoms with Gasteiger partial charge in [-0.05, 0) is 33.6 Å². The van der Waals surface area contributed by atoms with Crippen LogP contribution >= 0.6 is 0 Å². The van der Waals surface area contributed by atoms with Crippen LogP contribution in [0, 0.1) is 5.41 Å². The minimum Gasteiger partial charge on any atom is -0.393 e. The van der Waals surface area contributed by atoms with E-state index >= 15 is 0 Å². The first-order valence-corrected chi connectivity index (χ1v) is 5.61. The van der Waals surface area contributed by atoms with Crippen molar-refractivity contribution in [1.29, 1.82) is 0 Å². The van der Waals surface area contributed by atoms with Crippen LogP contribution < -0.4 is 0 Å². The summed E-state index contributed by atoms with van der Waals surface area (Å²) in [5.74, 6) is 1.00. The number of hydrogen-bond acceptors (Lipinski definition) is 3. The van der Waals surface area contributed by atoms with Gasteiger partial charge >= 0.3 is 0 Å². The van der Waals surface area contributed by atoms with Crippen LogP contribution in [0.1, 0.15) is 45.5 Å². The van der Waals surface area contributed by atoms with Crippen LogP contribution in [-0.4, -0.2) is 26.0 Å². The first-order valence-electron chi connectivity index (χ1n) is 5.61. The number of aromatic nitrogens is 3. The van der Waals surface area contributed by atoms with Crippen LogP contribution in [0.2, 0.25) is 0 Å². The highest BCUT2D eigenvalue weighted by atomic mass is 16.3. The minimum atomic E-state index is -0.241. The third-order valence-electron chi connectivity index (χ3n) is 3.43. The van der Waals surface area contributed by atoms with Crippen molar-refractivity contribution in [2.45, 2.75) is 52.2 Å². The second kappa shape index (κ2) is 3.59. The van der Waals surface area contributed by atoms with Crippen LogP contribution in [0.3, 0.4) is 0 Å². The van der Waals surface area contributed by atoms with Crippen molar-refractivity contribution in [3.63, 3.8) is 0 Å². The summed E-state index contributed by atoms with van der Waals surface area (Å²) in [6, 6.07) is 0.340.